The third kappa shape index (κ3) is 3.64. The van der Waals surface area contributed by atoms with Crippen LogP contribution in [0.2, 0.25) is 0 Å². The summed E-state index contributed by atoms with van der Waals surface area (Å²) in [6.07, 6.45) is 6.04. The number of anilines is 2. The molecule has 6 rings (SSSR count). The fraction of sp³-hybridized carbons (Fsp3) is 0.360. The number of nitrogens with one attached hydrogen (secondary N) is 3. The minimum atomic E-state index is -0.471. The Hall–Kier alpha value is -3.39. The Labute approximate surface area is 191 Å². The van der Waals surface area contributed by atoms with Gasteiger partial charge in [0, 0.05) is 60.9 Å². The SMILES string of the molecule is Cc1cn2cc(NC(=O)c3ccc(N4CCNC(C5CC5)C4)c4cc(C)[nH]c34)cc(F)c2n1. The normalized spacial score (nSPS) is 18.9. The van der Waals surface area contributed by atoms with Crippen molar-refractivity contribution >= 4 is 33.8 Å². The summed E-state index contributed by atoms with van der Waals surface area (Å²) in [7, 11) is 0. The Balaban J connectivity index is 1.32. The molecule has 3 N–H and O–H groups in total. The number of rotatable bonds is 4. The van der Waals surface area contributed by atoms with Crippen molar-refractivity contribution in [3.8, 4) is 0 Å². The minimum Gasteiger partial charge on any atom is -0.368 e. The van der Waals surface area contributed by atoms with Gasteiger partial charge in [-0.3, -0.25) is 4.79 Å². The second-order valence-electron chi connectivity index (χ2n) is 9.36. The minimum absolute atomic E-state index is 0.248. The summed E-state index contributed by atoms with van der Waals surface area (Å²) in [4.78, 5) is 23.2. The van der Waals surface area contributed by atoms with Crippen molar-refractivity contribution in [2.24, 2.45) is 5.92 Å². The van der Waals surface area contributed by atoms with Gasteiger partial charge in [0.25, 0.3) is 5.91 Å². The van der Waals surface area contributed by atoms with Crippen LogP contribution in [0.15, 0.2) is 36.7 Å². The van der Waals surface area contributed by atoms with Gasteiger partial charge in [-0.15, -0.1) is 0 Å². The van der Waals surface area contributed by atoms with Gasteiger partial charge < -0.3 is 24.9 Å². The van der Waals surface area contributed by atoms with Crippen molar-refractivity contribution in [3.63, 3.8) is 0 Å². The molecule has 0 radical (unpaired) electrons. The average Bonchev–Trinajstić information content (AvgIpc) is 3.46. The number of aromatic nitrogens is 3. The molecule has 1 atom stereocenters. The third-order valence-corrected chi connectivity index (χ3v) is 6.77. The summed E-state index contributed by atoms with van der Waals surface area (Å²) in [6.45, 7) is 6.70. The monoisotopic (exact) mass is 446 g/mol. The van der Waals surface area contributed by atoms with Crippen LogP contribution >= 0.6 is 0 Å². The van der Waals surface area contributed by atoms with E-state index in [9.17, 15) is 9.18 Å². The van der Waals surface area contributed by atoms with E-state index in [1.807, 2.05) is 26.0 Å². The van der Waals surface area contributed by atoms with Crippen molar-refractivity contribution < 1.29 is 9.18 Å². The Morgan fingerprint density at radius 1 is 1.21 bits per heavy atom. The van der Waals surface area contributed by atoms with Crippen LogP contribution < -0.4 is 15.5 Å². The lowest BCUT2D eigenvalue weighted by molar-refractivity contribution is 0.102. The summed E-state index contributed by atoms with van der Waals surface area (Å²) < 4.78 is 16.1. The second-order valence-corrected chi connectivity index (χ2v) is 9.36. The number of pyridine rings is 1. The van der Waals surface area contributed by atoms with Gasteiger partial charge in [-0.2, -0.15) is 0 Å². The third-order valence-electron chi connectivity index (χ3n) is 6.77. The summed E-state index contributed by atoms with van der Waals surface area (Å²) in [5.74, 6) is 0.0412. The number of carbonyl (C=O) groups is 1. The standard InChI is InChI=1S/C25H27FN6O/c1-14-9-19-22(31-8-7-27-21(13-31)16-3-4-16)6-5-18(23(19)28-14)25(33)30-17-10-20(26)24-29-15(2)11-32(24)12-17/h5-6,9-12,16,21,27-28H,3-4,7-8,13H2,1-2H3,(H,30,33). The predicted octanol–water partition coefficient (Wildman–Crippen LogP) is 4.01. The van der Waals surface area contributed by atoms with Gasteiger partial charge in [-0.05, 0) is 50.8 Å². The maximum Gasteiger partial charge on any atom is 0.257 e. The fourth-order valence-corrected chi connectivity index (χ4v) is 5.06. The van der Waals surface area contributed by atoms with Crippen LogP contribution in [0.4, 0.5) is 15.8 Å². The lowest BCUT2D eigenvalue weighted by atomic mass is 10.0. The first-order chi connectivity index (χ1) is 16.0. The Morgan fingerprint density at radius 2 is 2.06 bits per heavy atom. The molecule has 2 aliphatic rings. The molecule has 1 aromatic carbocycles. The number of fused-ring (bicyclic) bond motifs is 2. The number of halogens is 1. The molecular formula is C25H27FN6O. The van der Waals surface area contributed by atoms with E-state index in [-0.39, 0.29) is 11.6 Å². The Bertz CT molecular complexity index is 1380. The van der Waals surface area contributed by atoms with E-state index >= 15 is 0 Å². The van der Waals surface area contributed by atoms with Crippen molar-refractivity contribution in [3.05, 3.63) is 59.4 Å². The van der Waals surface area contributed by atoms with E-state index in [4.69, 9.17) is 0 Å². The molecule has 1 unspecified atom stereocenters. The fourth-order valence-electron chi connectivity index (χ4n) is 5.06. The molecule has 8 heteroatoms. The first kappa shape index (κ1) is 20.2. The van der Waals surface area contributed by atoms with E-state index in [0.29, 0.717) is 23.0 Å². The number of aromatic amines is 1. The number of hydrogen-bond donors (Lipinski definition) is 3. The molecule has 7 nitrogen and oxygen atoms in total. The number of amides is 1. The smallest absolute Gasteiger partial charge is 0.257 e. The Morgan fingerprint density at radius 3 is 2.88 bits per heavy atom. The van der Waals surface area contributed by atoms with E-state index in [2.05, 4.69) is 31.6 Å². The van der Waals surface area contributed by atoms with Gasteiger partial charge in [0.05, 0.1) is 22.5 Å². The van der Waals surface area contributed by atoms with E-state index in [1.165, 1.54) is 18.9 Å². The number of imidazole rings is 1. The van der Waals surface area contributed by atoms with Gasteiger partial charge in [0.1, 0.15) is 0 Å². The molecule has 1 saturated heterocycles. The summed E-state index contributed by atoms with van der Waals surface area (Å²) in [5.41, 5.74) is 4.85. The zero-order chi connectivity index (χ0) is 22.7. The first-order valence-corrected chi connectivity index (χ1v) is 11.5. The molecule has 3 aromatic heterocycles. The highest BCUT2D eigenvalue weighted by Gasteiger charge is 2.34. The second kappa shape index (κ2) is 7.59. The summed E-state index contributed by atoms with van der Waals surface area (Å²) in [5, 5.41) is 7.56. The van der Waals surface area contributed by atoms with Crippen molar-refractivity contribution in [2.45, 2.75) is 32.7 Å². The molecule has 4 aromatic rings. The van der Waals surface area contributed by atoms with Crippen LogP contribution in [0, 0.1) is 25.6 Å². The van der Waals surface area contributed by atoms with E-state index in [1.54, 1.807) is 16.8 Å². The molecule has 1 aliphatic heterocycles. The van der Waals surface area contributed by atoms with E-state index in [0.717, 1.165) is 47.8 Å². The van der Waals surface area contributed by atoms with Gasteiger partial charge in [-0.25, -0.2) is 9.37 Å². The average molecular weight is 447 g/mol. The number of nitrogens with zero attached hydrogens (tertiary/aromatic N) is 3. The number of aryl methyl sites for hydroxylation is 2. The van der Waals surface area contributed by atoms with Gasteiger partial charge in [0.15, 0.2) is 11.5 Å². The highest BCUT2D eigenvalue weighted by molar-refractivity contribution is 6.14. The summed E-state index contributed by atoms with van der Waals surface area (Å²) in [6, 6.07) is 7.86. The van der Waals surface area contributed by atoms with E-state index < -0.39 is 5.82 Å². The topological polar surface area (TPSA) is 77.5 Å². The van der Waals surface area contributed by atoms with Crippen molar-refractivity contribution in [1.82, 2.24) is 19.7 Å². The quantitative estimate of drug-likeness (QED) is 0.443. The molecule has 1 amide bonds. The first-order valence-electron chi connectivity index (χ1n) is 11.5. The van der Waals surface area contributed by atoms with Gasteiger partial charge >= 0.3 is 0 Å². The van der Waals surface area contributed by atoms with Gasteiger partial charge in [0.2, 0.25) is 0 Å². The maximum absolute atomic E-state index is 14.5. The van der Waals surface area contributed by atoms with Crippen LogP contribution in [0.1, 0.15) is 34.6 Å². The highest BCUT2D eigenvalue weighted by Crippen LogP contribution is 2.36. The number of hydrogen-bond acceptors (Lipinski definition) is 4. The lowest BCUT2D eigenvalue weighted by Crippen LogP contribution is -2.51. The zero-order valence-corrected chi connectivity index (χ0v) is 18.8. The molecule has 33 heavy (non-hydrogen) atoms. The number of H-pyrrole nitrogens is 1. The molecule has 4 heterocycles. The van der Waals surface area contributed by atoms with Crippen molar-refractivity contribution in [1.29, 1.82) is 0 Å². The van der Waals surface area contributed by atoms with Gasteiger partial charge in [-0.1, -0.05) is 0 Å². The Kier molecular flexibility index (Phi) is 4.65. The lowest BCUT2D eigenvalue weighted by Gasteiger charge is -2.36. The highest BCUT2D eigenvalue weighted by atomic mass is 19.1. The van der Waals surface area contributed by atoms with Crippen LogP contribution in [-0.2, 0) is 0 Å². The van der Waals surface area contributed by atoms with Crippen LogP contribution in [-0.4, -0.2) is 46.0 Å². The molecule has 1 aliphatic carbocycles. The van der Waals surface area contributed by atoms with Crippen LogP contribution in [0.5, 0.6) is 0 Å². The molecule has 1 saturated carbocycles. The predicted molar refractivity (Wildman–Crippen MR) is 128 cm³/mol. The van der Waals surface area contributed by atoms with Crippen LogP contribution in [0.25, 0.3) is 16.6 Å². The molecular weight excluding hydrogens is 419 g/mol. The van der Waals surface area contributed by atoms with Crippen molar-refractivity contribution in [2.75, 3.05) is 29.9 Å². The molecule has 2 fully saturated rings. The molecule has 0 spiro atoms. The number of piperazine rings is 1. The number of carbonyl (C=O) groups excluding carboxylic acids is 1. The summed E-state index contributed by atoms with van der Waals surface area (Å²) >= 11 is 0. The van der Waals surface area contributed by atoms with Crippen LogP contribution in [0.3, 0.4) is 0 Å². The molecule has 170 valence electrons. The molecule has 0 bridgehead atoms. The zero-order valence-electron chi connectivity index (χ0n) is 18.8. The number of benzene rings is 1. The largest absolute Gasteiger partial charge is 0.368 e. The maximum atomic E-state index is 14.5.